The molecule has 0 saturated carbocycles. The first kappa shape index (κ1) is 17.9. The standard InChI is InChI=1S/C18H25NO3/c1-6-11-22-16-10-9-14(12-17(16)21-5)18(20)19-15(8-3)13(4)7-2/h1,9-10,12-13,15H,7-8,11H2,2-5H3,(H,19,20). The summed E-state index contributed by atoms with van der Waals surface area (Å²) in [6.07, 6.45) is 7.11. The topological polar surface area (TPSA) is 47.6 Å². The van der Waals surface area contributed by atoms with Crippen molar-refractivity contribution in [2.45, 2.75) is 39.7 Å². The van der Waals surface area contributed by atoms with Crippen molar-refractivity contribution in [3.8, 4) is 23.8 Å². The lowest BCUT2D eigenvalue weighted by Crippen LogP contribution is -2.38. The second kappa shape index (κ2) is 8.99. The number of hydrogen-bond donors (Lipinski definition) is 1. The van der Waals surface area contributed by atoms with Crippen LogP contribution in [-0.4, -0.2) is 25.7 Å². The fraction of sp³-hybridized carbons (Fsp3) is 0.500. The Hall–Kier alpha value is -2.15. The van der Waals surface area contributed by atoms with Gasteiger partial charge in [0.25, 0.3) is 5.91 Å². The van der Waals surface area contributed by atoms with Gasteiger partial charge in [-0.15, -0.1) is 6.42 Å². The van der Waals surface area contributed by atoms with Crippen LogP contribution in [0, 0.1) is 18.3 Å². The predicted octanol–water partition coefficient (Wildman–Crippen LogP) is 3.26. The Morgan fingerprint density at radius 2 is 2.05 bits per heavy atom. The van der Waals surface area contributed by atoms with Gasteiger partial charge in [-0.05, 0) is 30.5 Å². The smallest absolute Gasteiger partial charge is 0.251 e. The van der Waals surface area contributed by atoms with Gasteiger partial charge >= 0.3 is 0 Å². The number of carbonyl (C=O) groups excluding carboxylic acids is 1. The molecule has 0 bridgehead atoms. The van der Waals surface area contributed by atoms with Crippen LogP contribution in [0.5, 0.6) is 11.5 Å². The van der Waals surface area contributed by atoms with Crippen LogP contribution in [0.15, 0.2) is 18.2 Å². The zero-order valence-electron chi connectivity index (χ0n) is 13.8. The molecule has 1 N–H and O–H groups in total. The second-order valence-electron chi connectivity index (χ2n) is 5.23. The van der Waals surface area contributed by atoms with E-state index in [9.17, 15) is 4.79 Å². The van der Waals surface area contributed by atoms with Gasteiger partial charge in [0.2, 0.25) is 0 Å². The fourth-order valence-electron chi connectivity index (χ4n) is 2.23. The second-order valence-corrected chi connectivity index (χ2v) is 5.23. The lowest BCUT2D eigenvalue weighted by atomic mass is 9.96. The summed E-state index contributed by atoms with van der Waals surface area (Å²) < 4.78 is 10.6. The van der Waals surface area contributed by atoms with Crippen LogP contribution < -0.4 is 14.8 Å². The van der Waals surface area contributed by atoms with Crippen molar-refractivity contribution in [1.29, 1.82) is 0 Å². The fourth-order valence-corrected chi connectivity index (χ4v) is 2.23. The third-order valence-electron chi connectivity index (χ3n) is 3.82. The van der Waals surface area contributed by atoms with Crippen LogP contribution in [0.4, 0.5) is 0 Å². The Bertz CT molecular complexity index is 534. The molecule has 4 nitrogen and oxygen atoms in total. The Kier molecular flexibility index (Phi) is 7.31. The summed E-state index contributed by atoms with van der Waals surface area (Å²) in [4.78, 5) is 12.4. The van der Waals surface area contributed by atoms with E-state index in [4.69, 9.17) is 15.9 Å². The van der Waals surface area contributed by atoms with Crippen molar-refractivity contribution in [3.05, 3.63) is 23.8 Å². The lowest BCUT2D eigenvalue weighted by molar-refractivity contribution is 0.0921. The summed E-state index contributed by atoms with van der Waals surface area (Å²) in [5, 5.41) is 3.08. The van der Waals surface area contributed by atoms with Crippen molar-refractivity contribution in [2.24, 2.45) is 5.92 Å². The maximum atomic E-state index is 12.4. The molecule has 1 aromatic rings. The highest BCUT2D eigenvalue weighted by Gasteiger charge is 2.18. The molecule has 0 aromatic heterocycles. The van der Waals surface area contributed by atoms with Crippen molar-refractivity contribution in [1.82, 2.24) is 5.32 Å². The molecule has 1 aromatic carbocycles. The van der Waals surface area contributed by atoms with Crippen molar-refractivity contribution >= 4 is 5.91 Å². The van der Waals surface area contributed by atoms with Crippen molar-refractivity contribution in [3.63, 3.8) is 0 Å². The van der Waals surface area contributed by atoms with E-state index in [1.54, 1.807) is 18.2 Å². The van der Waals surface area contributed by atoms with E-state index in [-0.39, 0.29) is 18.6 Å². The maximum absolute atomic E-state index is 12.4. The van der Waals surface area contributed by atoms with Gasteiger partial charge in [-0.3, -0.25) is 4.79 Å². The van der Waals surface area contributed by atoms with Gasteiger partial charge in [-0.1, -0.05) is 33.1 Å². The third kappa shape index (κ3) is 4.70. The first-order chi connectivity index (χ1) is 10.6. The third-order valence-corrected chi connectivity index (χ3v) is 3.82. The molecule has 1 rings (SSSR count). The molecule has 0 spiro atoms. The van der Waals surface area contributed by atoms with E-state index in [1.165, 1.54) is 7.11 Å². The molecule has 0 heterocycles. The van der Waals surface area contributed by atoms with E-state index in [1.807, 2.05) is 0 Å². The molecular weight excluding hydrogens is 278 g/mol. The minimum Gasteiger partial charge on any atom is -0.493 e. The average molecular weight is 303 g/mol. The summed E-state index contributed by atoms with van der Waals surface area (Å²) in [7, 11) is 1.54. The van der Waals surface area contributed by atoms with Gasteiger partial charge in [0.15, 0.2) is 11.5 Å². The minimum absolute atomic E-state index is 0.103. The largest absolute Gasteiger partial charge is 0.493 e. The molecule has 1 amide bonds. The average Bonchev–Trinajstić information content (AvgIpc) is 2.56. The van der Waals surface area contributed by atoms with Crippen LogP contribution in [0.2, 0.25) is 0 Å². The molecular formula is C18H25NO3. The van der Waals surface area contributed by atoms with Crippen LogP contribution in [0.3, 0.4) is 0 Å². The SMILES string of the molecule is C#CCOc1ccc(C(=O)NC(CC)C(C)CC)cc1OC. The van der Waals surface area contributed by atoms with Gasteiger partial charge in [0.1, 0.15) is 6.61 Å². The molecule has 0 radical (unpaired) electrons. The van der Waals surface area contributed by atoms with Crippen molar-refractivity contribution in [2.75, 3.05) is 13.7 Å². The molecule has 0 aliphatic rings. The summed E-state index contributed by atoms with van der Waals surface area (Å²) in [5.41, 5.74) is 0.548. The molecule has 0 aliphatic carbocycles. The maximum Gasteiger partial charge on any atom is 0.251 e. The Balaban J connectivity index is 2.87. The highest BCUT2D eigenvalue weighted by Crippen LogP contribution is 2.28. The summed E-state index contributed by atoms with van der Waals surface area (Å²) in [6, 6.07) is 5.26. The van der Waals surface area contributed by atoms with E-state index in [0.717, 1.165) is 12.8 Å². The van der Waals surface area contributed by atoms with Gasteiger partial charge in [0.05, 0.1) is 7.11 Å². The molecule has 2 unspecified atom stereocenters. The number of ether oxygens (including phenoxy) is 2. The van der Waals surface area contributed by atoms with Gasteiger partial charge in [0, 0.05) is 11.6 Å². The highest BCUT2D eigenvalue weighted by atomic mass is 16.5. The molecule has 120 valence electrons. The number of rotatable bonds is 8. The molecule has 0 fully saturated rings. The Morgan fingerprint density at radius 1 is 1.32 bits per heavy atom. The van der Waals surface area contributed by atoms with E-state index < -0.39 is 0 Å². The summed E-state index contributed by atoms with van der Waals surface area (Å²) >= 11 is 0. The van der Waals surface area contributed by atoms with Crippen LogP contribution in [-0.2, 0) is 0 Å². The van der Waals surface area contributed by atoms with Gasteiger partial charge < -0.3 is 14.8 Å². The first-order valence-electron chi connectivity index (χ1n) is 7.62. The van der Waals surface area contributed by atoms with Gasteiger partial charge in [-0.2, -0.15) is 0 Å². The zero-order valence-corrected chi connectivity index (χ0v) is 13.8. The van der Waals surface area contributed by atoms with Crippen molar-refractivity contribution < 1.29 is 14.3 Å². The zero-order chi connectivity index (χ0) is 16.5. The molecule has 2 atom stereocenters. The van der Waals surface area contributed by atoms with E-state index >= 15 is 0 Å². The van der Waals surface area contributed by atoms with Crippen LogP contribution in [0.1, 0.15) is 44.0 Å². The molecule has 22 heavy (non-hydrogen) atoms. The van der Waals surface area contributed by atoms with E-state index in [0.29, 0.717) is 23.0 Å². The van der Waals surface area contributed by atoms with E-state index in [2.05, 4.69) is 32.0 Å². The number of methoxy groups -OCH3 is 1. The normalized spacial score (nSPS) is 12.9. The number of nitrogens with one attached hydrogen (secondary N) is 1. The summed E-state index contributed by atoms with van der Waals surface area (Å²) in [5.74, 6) is 3.77. The number of hydrogen-bond acceptors (Lipinski definition) is 3. The molecule has 0 aliphatic heterocycles. The Labute approximate surface area is 133 Å². The first-order valence-corrected chi connectivity index (χ1v) is 7.62. The number of carbonyl (C=O) groups is 1. The number of terminal acetylenes is 1. The highest BCUT2D eigenvalue weighted by molar-refractivity contribution is 5.95. The summed E-state index contributed by atoms with van der Waals surface area (Å²) in [6.45, 7) is 6.51. The lowest BCUT2D eigenvalue weighted by Gasteiger charge is -2.23. The Morgan fingerprint density at radius 3 is 2.59 bits per heavy atom. The van der Waals surface area contributed by atoms with Gasteiger partial charge in [-0.25, -0.2) is 0 Å². The van der Waals surface area contributed by atoms with Crippen LogP contribution in [0.25, 0.3) is 0 Å². The minimum atomic E-state index is -0.103. The quantitative estimate of drug-likeness (QED) is 0.750. The van der Waals surface area contributed by atoms with Crippen LogP contribution >= 0.6 is 0 Å². The number of benzene rings is 1. The molecule has 4 heteroatoms. The monoisotopic (exact) mass is 303 g/mol. The predicted molar refractivity (Wildman–Crippen MR) is 88.3 cm³/mol. The number of amides is 1. The molecule has 0 saturated heterocycles.